The van der Waals surface area contributed by atoms with E-state index in [4.69, 9.17) is 4.74 Å². The van der Waals surface area contributed by atoms with Gasteiger partial charge >= 0.3 is 12.0 Å². The number of hydrogen-bond donors (Lipinski definition) is 1. The number of amides is 2. The van der Waals surface area contributed by atoms with Crippen LogP contribution in [0.15, 0.2) is 0 Å². The van der Waals surface area contributed by atoms with Crippen molar-refractivity contribution in [3.05, 3.63) is 22.5 Å². The van der Waals surface area contributed by atoms with Gasteiger partial charge in [0.2, 0.25) is 0 Å². The summed E-state index contributed by atoms with van der Waals surface area (Å²) in [5, 5.41) is 2.94. The fraction of sp³-hybridized carbons (Fsp3) is 0.708. The Kier molecular flexibility index (Phi) is 9.14. The van der Waals surface area contributed by atoms with Crippen LogP contribution in [0.5, 0.6) is 0 Å². The lowest BCUT2D eigenvalue weighted by atomic mass is 9.89. The minimum atomic E-state index is -0.416. The van der Waals surface area contributed by atoms with Gasteiger partial charge in [-0.15, -0.1) is 0 Å². The average molecular weight is 434 g/mol. The van der Waals surface area contributed by atoms with Gasteiger partial charge in [-0.25, -0.2) is 9.59 Å². The molecule has 0 atom stereocenters. The van der Waals surface area contributed by atoms with Crippen molar-refractivity contribution >= 4 is 17.8 Å². The molecule has 7 nitrogen and oxygen atoms in total. The van der Waals surface area contributed by atoms with Crippen LogP contribution >= 0.6 is 0 Å². The maximum absolute atomic E-state index is 13.4. The Morgan fingerprint density at radius 1 is 1.13 bits per heavy atom. The monoisotopic (exact) mass is 433 g/mol. The zero-order chi connectivity index (χ0) is 23.1. The Morgan fingerprint density at radius 2 is 1.77 bits per heavy atom. The zero-order valence-electron chi connectivity index (χ0n) is 20.0. The van der Waals surface area contributed by atoms with Crippen molar-refractivity contribution in [1.82, 2.24) is 14.8 Å². The van der Waals surface area contributed by atoms with Crippen molar-refractivity contribution in [1.29, 1.82) is 0 Å². The highest BCUT2D eigenvalue weighted by molar-refractivity contribution is 6.04. The van der Waals surface area contributed by atoms with E-state index in [9.17, 15) is 14.4 Å². The normalized spacial score (nSPS) is 14.5. The third kappa shape index (κ3) is 6.11. The van der Waals surface area contributed by atoms with Crippen molar-refractivity contribution in [2.24, 2.45) is 5.92 Å². The van der Waals surface area contributed by atoms with Crippen molar-refractivity contribution in [3.8, 4) is 0 Å². The van der Waals surface area contributed by atoms with Gasteiger partial charge in [0.25, 0.3) is 0 Å². The molecule has 1 aliphatic carbocycles. The lowest BCUT2D eigenvalue weighted by Crippen LogP contribution is -2.47. The third-order valence-electron chi connectivity index (χ3n) is 6.07. The molecule has 0 spiro atoms. The minimum Gasteiger partial charge on any atom is -0.461 e. The van der Waals surface area contributed by atoms with E-state index in [1.165, 1.54) is 19.3 Å². The Morgan fingerprint density at radius 3 is 2.32 bits per heavy atom. The number of ketones is 1. The lowest BCUT2D eigenvalue weighted by Gasteiger charge is -2.30. The molecule has 1 aromatic heterocycles. The van der Waals surface area contributed by atoms with Gasteiger partial charge < -0.3 is 19.5 Å². The van der Waals surface area contributed by atoms with Gasteiger partial charge in [0.1, 0.15) is 5.69 Å². The van der Waals surface area contributed by atoms with E-state index in [1.807, 2.05) is 32.3 Å². The van der Waals surface area contributed by atoms with Crippen LogP contribution in [0, 0.1) is 19.8 Å². The van der Waals surface area contributed by atoms with Gasteiger partial charge in [0.05, 0.1) is 13.2 Å². The van der Waals surface area contributed by atoms with Crippen molar-refractivity contribution in [3.63, 3.8) is 0 Å². The number of nitrogens with zero attached hydrogens (tertiary/aromatic N) is 2. The quantitative estimate of drug-likeness (QED) is 0.460. The highest BCUT2D eigenvalue weighted by Crippen LogP contribution is 2.26. The summed E-state index contributed by atoms with van der Waals surface area (Å²) < 4.78 is 7.05. The molecule has 0 radical (unpaired) electrons. The summed E-state index contributed by atoms with van der Waals surface area (Å²) in [6, 6.07) is -0.207. The van der Waals surface area contributed by atoms with Crippen LogP contribution in [-0.4, -0.2) is 53.0 Å². The predicted octanol–water partition coefficient (Wildman–Crippen LogP) is 4.48. The number of hydrogen-bond acceptors (Lipinski definition) is 4. The molecule has 174 valence electrons. The molecule has 1 fully saturated rings. The molecule has 31 heavy (non-hydrogen) atoms. The fourth-order valence-corrected chi connectivity index (χ4v) is 4.66. The molecular weight excluding hydrogens is 394 g/mol. The van der Waals surface area contributed by atoms with Crippen molar-refractivity contribution in [2.75, 3.05) is 19.7 Å². The first kappa shape index (κ1) is 25.0. The molecule has 2 amide bonds. The summed E-state index contributed by atoms with van der Waals surface area (Å²) in [5.74, 6) is -0.125. The molecule has 0 aliphatic heterocycles. The number of ether oxygens (including phenoxy) is 1. The van der Waals surface area contributed by atoms with Crippen LogP contribution in [0.2, 0.25) is 0 Å². The Hall–Kier alpha value is -2.31. The summed E-state index contributed by atoms with van der Waals surface area (Å²) in [4.78, 5) is 40.4. The Bertz CT molecular complexity index is 791. The first-order chi connectivity index (χ1) is 14.7. The summed E-state index contributed by atoms with van der Waals surface area (Å²) in [6.07, 6.45) is 5.79. The maximum atomic E-state index is 13.4. The standard InChI is InChI=1S/C24H39N3O4/c1-7-27-18(6)21(17(5)22(27)23(29)31-8-2)20(28)15-26(24(30)25-16(3)4)14-19-12-10-9-11-13-19/h16,19H,7-15H2,1-6H3,(H,25,30). The number of carbonyl (C=O) groups excluding carboxylic acids is 3. The molecule has 0 saturated heterocycles. The summed E-state index contributed by atoms with van der Waals surface area (Å²) >= 11 is 0. The molecule has 0 aromatic carbocycles. The van der Waals surface area contributed by atoms with Gasteiger partial charge in [-0.2, -0.15) is 0 Å². The second kappa shape index (κ2) is 11.3. The fourth-order valence-electron chi connectivity index (χ4n) is 4.66. The van der Waals surface area contributed by atoms with Gasteiger partial charge in [-0.1, -0.05) is 19.3 Å². The number of nitrogens with one attached hydrogen (secondary N) is 1. The Labute approximate surface area is 186 Å². The van der Waals surface area contributed by atoms with E-state index in [2.05, 4.69) is 5.32 Å². The summed E-state index contributed by atoms with van der Waals surface area (Å²) in [7, 11) is 0. The third-order valence-corrected chi connectivity index (χ3v) is 6.07. The molecule has 0 bridgehead atoms. The minimum absolute atomic E-state index is 0.00322. The first-order valence-electron chi connectivity index (χ1n) is 11.7. The van der Waals surface area contributed by atoms with Crippen LogP contribution in [0.1, 0.15) is 91.9 Å². The molecule has 7 heteroatoms. The number of aromatic nitrogens is 1. The van der Waals surface area contributed by atoms with E-state index in [-0.39, 0.29) is 31.0 Å². The highest BCUT2D eigenvalue weighted by atomic mass is 16.5. The molecule has 2 rings (SSSR count). The van der Waals surface area contributed by atoms with Crippen LogP contribution in [0.4, 0.5) is 4.79 Å². The van der Waals surface area contributed by atoms with Crippen LogP contribution < -0.4 is 5.32 Å². The van der Waals surface area contributed by atoms with Gasteiger partial charge in [-0.3, -0.25) is 4.79 Å². The molecular formula is C24H39N3O4. The number of rotatable bonds is 9. The topological polar surface area (TPSA) is 80.6 Å². The van der Waals surface area contributed by atoms with E-state index in [0.29, 0.717) is 35.8 Å². The lowest BCUT2D eigenvalue weighted by molar-refractivity contribution is 0.0512. The molecule has 1 aromatic rings. The molecule has 1 N–H and O–H groups in total. The maximum Gasteiger partial charge on any atom is 0.355 e. The second-order valence-corrected chi connectivity index (χ2v) is 8.81. The van der Waals surface area contributed by atoms with Crippen LogP contribution in [0.25, 0.3) is 0 Å². The number of esters is 1. The van der Waals surface area contributed by atoms with Crippen LogP contribution in [0.3, 0.4) is 0 Å². The summed E-state index contributed by atoms with van der Waals surface area (Å²) in [5.41, 5.74) is 2.33. The SMILES string of the molecule is CCOC(=O)c1c(C)c(C(=O)CN(CC2CCCCC2)C(=O)NC(C)C)c(C)n1CC. The van der Waals surface area contributed by atoms with Crippen molar-refractivity contribution < 1.29 is 19.1 Å². The number of urea groups is 1. The van der Waals surface area contributed by atoms with Gasteiger partial charge in [0, 0.05) is 30.4 Å². The van der Waals surface area contributed by atoms with E-state index in [0.717, 1.165) is 18.5 Å². The van der Waals surface area contributed by atoms with Crippen molar-refractivity contribution in [2.45, 2.75) is 86.2 Å². The van der Waals surface area contributed by atoms with E-state index < -0.39 is 5.97 Å². The first-order valence-corrected chi connectivity index (χ1v) is 11.7. The molecule has 1 saturated carbocycles. The highest BCUT2D eigenvalue weighted by Gasteiger charge is 2.29. The van der Waals surface area contributed by atoms with Crippen LogP contribution in [-0.2, 0) is 11.3 Å². The zero-order valence-corrected chi connectivity index (χ0v) is 20.0. The number of carbonyl (C=O) groups is 3. The van der Waals surface area contributed by atoms with E-state index >= 15 is 0 Å². The van der Waals surface area contributed by atoms with Gasteiger partial charge in [0.15, 0.2) is 5.78 Å². The van der Waals surface area contributed by atoms with Gasteiger partial charge in [-0.05, 0) is 65.9 Å². The predicted molar refractivity (Wildman–Crippen MR) is 122 cm³/mol. The van der Waals surface area contributed by atoms with E-state index in [1.54, 1.807) is 18.7 Å². The Balaban J connectivity index is 2.31. The molecule has 1 aliphatic rings. The average Bonchev–Trinajstić information content (AvgIpc) is 2.97. The second-order valence-electron chi connectivity index (χ2n) is 8.81. The molecule has 1 heterocycles. The summed E-state index contributed by atoms with van der Waals surface area (Å²) in [6.45, 7) is 12.6. The molecule has 0 unspecified atom stereocenters. The smallest absolute Gasteiger partial charge is 0.355 e. The largest absolute Gasteiger partial charge is 0.461 e. The number of Topliss-reactive ketones (excluding diaryl/α,β-unsaturated/α-hetero) is 1.